The highest BCUT2D eigenvalue weighted by Crippen LogP contribution is 2.26. The third-order valence-electron chi connectivity index (χ3n) is 4.84. The van der Waals surface area contributed by atoms with E-state index in [1.807, 2.05) is 0 Å². The molecular weight excluding hydrogens is 340 g/mol. The number of nitrogens with one attached hydrogen (secondary N) is 1. The van der Waals surface area contributed by atoms with E-state index < -0.39 is 10.0 Å². The standard InChI is InChI=1S/C17H22N4O3S/c1-25(23,24)19-14-6-9-20(10-7-14)16-8-11-21(17(16)22)15-4-2-13(12-18)3-5-15/h2-5,14,16,19H,6-11H2,1H3. The summed E-state index contributed by atoms with van der Waals surface area (Å²) in [6.45, 7) is 2.09. The Bertz CT molecular complexity index is 777. The van der Waals surface area contributed by atoms with Crippen LogP contribution in [0.5, 0.6) is 0 Å². The lowest BCUT2D eigenvalue weighted by Crippen LogP contribution is -2.50. The van der Waals surface area contributed by atoms with Crippen molar-refractivity contribution in [1.29, 1.82) is 5.26 Å². The monoisotopic (exact) mass is 362 g/mol. The van der Waals surface area contributed by atoms with E-state index in [0.29, 0.717) is 38.0 Å². The molecule has 2 saturated heterocycles. The molecule has 0 bridgehead atoms. The zero-order valence-electron chi connectivity index (χ0n) is 14.2. The maximum absolute atomic E-state index is 12.8. The van der Waals surface area contributed by atoms with Crippen LogP contribution in [0.3, 0.4) is 0 Å². The summed E-state index contributed by atoms with van der Waals surface area (Å²) in [5, 5.41) is 8.87. The van der Waals surface area contributed by atoms with E-state index in [1.54, 1.807) is 29.2 Å². The lowest BCUT2D eigenvalue weighted by atomic mass is 10.0. The number of nitrogens with zero attached hydrogens (tertiary/aromatic N) is 3. The van der Waals surface area contributed by atoms with Crippen molar-refractivity contribution in [2.24, 2.45) is 0 Å². The van der Waals surface area contributed by atoms with Gasteiger partial charge < -0.3 is 4.90 Å². The second-order valence-electron chi connectivity index (χ2n) is 6.65. The number of hydrogen-bond donors (Lipinski definition) is 1. The number of rotatable bonds is 4. The summed E-state index contributed by atoms with van der Waals surface area (Å²) in [6, 6.07) is 8.94. The first kappa shape index (κ1) is 17.9. The third-order valence-corrected chi connectivity index (χ3v) is 5.60. The number of anilines is 1. The Morgan fingerprint density at radius 2 is 1.76 bits per heavy atom. The van der Waals surface area contributed by atoms with E-state index in [0.717, 1.165) is 12.1 Å². The Morgan fingerprint density at radius 1 is 1.12 bits per heavy atom. The summed E-state index contributed by atoms with van der Waals surface area (Å²) < 4.78 is 25.3. The van der Waals surface area contributed by atoms with Crippen molar-refractivity contribution < 1.29 is 13.2 Å². The first-order chi connectivity index (χ1) is 11.9. The number of likely N-dealkylation sites (tertiary alicyclic amines) is 1. The fourth-order valence-corrected chi connectivity index (χ4v) is 4.45. The van der Waals surface area contributed by atoms with Crippen LogP contribution in [0, 0.1) is 11.3 Å². The maximum atomic E-state index is 12.8. The number of piperidine rings is 1. The van der Waals surface area contributed by atoms with Gasteiger partial charge in [0, 0.05) is 31.4 Å². The maximum Gasteiger partial charge on any atom is 0.244 e. The van der Waals surface area contributed by atoms with Crippen LogP contribution < -0.4 is 9.62 Å². The molecule has 0 aliphatic carbocycles. The van der Waals surface area contributed by atoms with Crippen molar-refractivity contribution in [3.05, 3.63) is 29.8 Å². The molecule has 0 radical (unpaired) electrons. The van der Waals surface area contributed by atoms with E-state index >= 15 is 0 Å². The molecule has 1 aromatic carbocycles. The van der Waals surface area contributed by atoms with Crippen LogP contribution in [0.15, 0.2) is 24.3 Å². The molecule has 1 aromatic rings. The Morgan fingerprint density at radius 3 is 2.32 bits per heavy atom. The summed E-state index contributed by atoms with van der Waals surface area (Å²) in [5.74, 6) is 0.0826. The molecule has 0 saturated carbocycles. The molecule has 1 amide bonds. The van der Waals surface area contributed by atoms with Gasteiger partial charge in [-0.1, -0.05) is 0 Å². The highest BCUT2D eigenvalue weighted by molar-refractivity contribution is 7.88. The zero-order chi connectivity index (χ0) is 18.0. The van der Waals surface area contributed by atoms with Crippen molar-refractivity contribution in [2.45, 2.75) is 31.3 Å². The van der Waals surface area contributed by atoms with Crippen LogP contribution in [-0.2, 0) is 14.8 Å². The molecular formula is C17H22N4O3S. The van der Waals surface area contributed by atoms with Crippen molar-refractivity contribution in [3.8, 4) is 6.07 Å². The van der Waals surface area contributed by atoms with Gasteiger partial charge in [-0.05, 0) is 43.5 Å². The van der Waals surface area contributed by atoms with E-state index in [9.17, 15) is 13.2 Å². The first-order valence-electron chi connectivity index (χ1n) is 8.40. The van der Waals surface area contributed by atoms with E-state index in [-0.39, 0.29) is 18.0 Å². The van der Waals surface area contributed by atoms with Gasteiger partial charge in [0.1, 0.15) is 0 Å². The van der Waals surface area contributed by atoms with E-state index in [2.05, 4.69) is 15.7 Å². The number of benzene rings is 1. The number of carbonyl (C=O) groups is 1. The molecule has 2 fully saturated rings. The van der Waals surface area contributed by atoms with Gasteiger partial charge in [0.2, 0.25) is 15.9 Å². The second-order valence-corrected chi connectivity index (χ2v) is 8.43. The van der Waals surface area contributed by atoms with Crippen molar-refractivity contribution >= 4 is 21.6 Å². The van der Waals surface area contributed by atoms with Crippen LogP contribution in [0.1, 0.15) is 24.8 Å². The van der Waals surface area contributed by atoms with E-state index in [1.165, 1.54) is 6.26 Å². The molecule has 1 atom stereocenters. The Balaban J connectivity index is 1.60. The third kappa shape index (κ3) is 4.18. The molecule has 134 valence electrons. The molecule has 0 aromatic heterocycles. The summed E-state index contributed by atoms with van der Waals surface area (Å²) in [4.78, 5) is 16.7. The molecule has 2 aliphatic heterocycles. The quantitative estimate of drug-likeness (QED) is 0.850. The molecule has 3 rings (SSSR count). The molecule has 25 heavy (non-hydrogen) atoms. The number of carbonyl (C=O) groups excluding carboxylic acids is 1. The minimum Gasteiger partial charge on any atom is -0.311 e. The fourth-order valence-electron chi connectivity index (χ4n) is 3.61. The number of nitriles is 1. The summed E-state index contributed by atoms with van der Waals surface area (Å²) in [6.07, 6.45) is 3.37. The Hall–Kier alpha value is -1.95. The fraction of sp³-hybridized carbons (Fsp3) is 0.529. The molecule has 7 nitrogen and oxygen atoms in total. The summed E-state index contributed by atoms with van der Waals surface area (Å²) in [5.41, 5.74) is 1.40. The molecule has 2 heterocycles. The molecule has 8 heteroatoms. The predicted octanol–water partition coefficient (Wildman–Crippen LogP) is 0.677. The van der Waals surface area contributed by atoms with Gasteiger partial charge in [-0.15, -0.1) is 0 Å². The SMILES string of the molecule is CS(=O)(=O)NC1CCN(C2CCN(c3ccc(C#N)cc3)C2=O)CC1. The predicted molar refractivity (Wildman–Crippen MR) is 94.5 cm³/mol. The number of hydrogen-bond acceptors (Lipinski definition) is 5. The Labute approximate surface area is 148 Å². The molecule has 1 unspecified atom stereocenters. The van der Waals surface area contributed by atoms with Gasteiger partial charge in [0.15, 0.2) is 0 Å². The Kier molecular flexibility index (Phi) is 5.08. The van der Waals surface area contributed by atoms with Gasteiger partial charge >= 0.3 is 0 Å². The van der Waals surface area contributed by atoms with Gasteiger partial charge in [0.25, 0.3) is 0 Å². The highest BCUT2D eigenvalue weighted by atomic mass is 32.2. The topological polar surface area (TPSA) is 93.5 Å². The molecule has 1 N–H and O–H groups in total. The normalized spacial score (nSPS) is 23.0. The summed E-state index contributed by atoms with van der Waals surface area (Å²) in [7, 11) is -3.19. The zero-order valence-corrected chi connectivity index (χ0v) is 15.0. The van der Waals surface area contributed by atoms with Gasteiger partial charge in [-0.3, -0.25) is 9.69 Å². The van der Waals surface area contributed by atoms with Crippen molar-refractivity contribution in [1.82, 2.24) is 9.62 Å². The molecule has 2 aliphatic rings. The lowest BCUT2D eigenvalue weighted by molar-refractivity contribution is -0.122. The lowest BCUT2D eigenvalue weighted by Gasteiger charge is -2.35. The van der Waals surface area contributed by atoms with Crippen LogP contribution in [0.4, 0.5) is 5.69 Å². The summed E-state index contributed by atoms with van der Waals surface area (Å²) >= 11 is 0. The average Bonchev–Trinajstić information content (AvgIpc) is 2.96. The first-order valence-corrected chi connectivity index (χ1v) is 10.3. The minimum atomic E-state index is -3.19. The average molecular weight is 362 g/mol. The number of sulfonamides is 1. The van der Waals surface area contributed by atoms with Gasteiger partial charge in [-0.2, -0.15) is 5.26 Å². The van der Waals surface area contributed by atoms with Gasteiger partial charge in [-0.25, -0.2) is 13.1 Å². The van der Waals surface area contributed by atoms with Crippen LogP contribution >= 0.6 is 0 Å². The minimum absolute atomic E-state index is 0.0441. The van der Waals surface area contributed by atoms with Crippen molar-refractivity contribution in [3.63, 3.8) is 0 Å². The largest absolute Gasteiger partial charge is 0.311 e. The molecule has 0 spiro atoms. The van der Waals surface area contributed by atoms with Crippen LogP contribution in [0.25, 0.3) is 0 Å². The van der Waals surface area contributed by atoms with Crippen LogP contribution in [-0.4, -0.2) is 57.2 Å². The highest BCUT2D eigenvalue weighted by Gasteiger charge is 2.38. The van der Waals surface area contributed by atoms with E-state index in [4.69, 9.17) is 5.26 Å². The smallest absolute Gasteiger partial charge is 0.244 e. The van der Waals surface area contributed by atoms with Crippen LogP contribution in [0.2, 0.25) is 0 Å². The number of amides is 1. The second kappa shape index (κ2) is 7.12. The van der Waals surface area contributed by atoms with Gasteiger partial charge in [0.05, 0.1) is 23.9 Å². The van der Waals surface area contributed by atoms with Crippen molar-refractivity contribution in [2.75, 3.05) is 30.8 Å².